The number of carbonyl (C=O) groups excluding carboxylic acids is 1. The molecule has 1 aliphatic carbocycles. The Labute approximate surface area is 105 Å². The van der Waals surface area contributed by atoms with E-state index in [0.29, 0.717) is 0 Å². The van der Waals surface area contributed by atoms with Crippen molar-refractivity contribution in [3.63, 3.8) is 0 Å². The van der Waals surface area contributed by atoms with Gasteiger partial charge in [0.05, 0.1) is 0 Å². The predicted molar refractivity (Wildman–Crippen MR) is 65.5 cm³/mol. The van der Waals surface area contributed by atoms with Crippen LogP contribution in [0.2, 0.25) is 0 Å². The number of amides is 1. The Bertz CT molecular complexity index is 479. The second-order valence-corrected chi connectivity index (χ2v) is 4.75. The standard InChI is InChI=1S/C13H16N2O3/c1-8(2)15(9-6-7-9)12(16)10-4-3-5-11(14-10)13(17)18/h3-5,8-9H,6-7H2,1-2H3,(H,17,18). The van der Waals surface area contributed by atoms with Crippen LogP contribution in [0.25, 0.3) is 0 Å². The van der Waals surface area contributed by atoms with E-state index in [9.17, 15) is 9.59 Å². The van der Waals surface area contributed by atoms with E-state index in [1.54, 1.807) is 17.0 Å². The summed E-state index contributed by atoms with van der Waals surface area (Å²) in [5.74, 6) is -1.30. The number of carboxylic acid groups (broad SMARTS) is 1. The van der Waals surface area contributed by atoms with Crippen molar-refractivity contribution < 1.29 is 14.7 Å². The van der Waals surface area contributed by atoms with Crippen LogP contribution in [0.15, 0.2) is 18.2 Å². The van der Waals surface area contributed by atoms with Gasteiger partial charge in [0.25, 0.3) is 5.91 Å². The molecule has 0 spiro atoms. The van der Waals surface area contributed by atoms with Gasteiger partial charge in [-0.15, -0.1) is 0 Å². The molecule has 1 N–H and O–H groups in total. The molecule has 18 heavy (non-hydrogen) atoms. The maximum atomic E-state index is 12.3. The van der Waals surface area contributed by atoms with Gasteiger partial charge in [0.2, 0.25) is 0 Å². The third-order valence-corrected chi connectivity index (χ3v) is 2.92. The minimum atomic E-state index is -1.12. The van der Waals surface area contributed by atoms with E-state index in [0.717, 1.165) is 12.8 Å². The van der Waals surface area contributed by atoms with Gasteiger partial charge in [0, 0.05) is 12.1 Å². The molecule has 1 aromatic heterocycles. The SMILES string of the molecule is CC(C)N(C(=O)c1cccc(C(=O)O)n1)C1CC1. The molecular weight excluding hydrogens is 232 g/mol. The van der Waals surface area contributed by atoms with Gasteiger partial charge in [-0.05, 0) is 38.8 Å². The normalized spacial score (nSPS) is 14.6. The third kappa shape index (κ3) is 2.50. The number of carboxylic acids is 1. The minimum Gasteiger partial charge on any atom is -0.477 e. The maximum Gasteiger partial charge on any atom is 0.354 e. The van der Waals surface area contributed by atoms with E-state index >= 15 is 0 Å². The summed E-state index contributed by atoms with van der Waals surface area (Å²) in [6, 6.07) is 4.88. The third-order valence-electron chi connectivity index (χ3n) is 2.92. The number of carbonyl (C=O) groups is 2. The highest BCUT2D eigenvalue weighted by molar-refractivity contribution is 5.94. The molecule has 1 amide bonds. The van der Waals surface area contributed by atoms with E-state index in [1.807, 2.05) is 13.8 Å². The van der Waals surface area contributed by atoms with Crippen LogP contribution < -0.4 is 0 Å². The largest absolute Gasteiger partial charge is 0.477 e. The van der Waals surface area contributed by atoms with Gasteiger partial charge in [0.15, 0.2) is 0 Å². The molecule has 2 rings (SSSR count). The Morgan fingerprint density at radius 3 is 2.44 bits per heavy atom. The topological polar surface area (TPSA) is 70.5 Å². The summed E-state index contributed by atoms with van der Waals surface area (Å²) in [7, 11) is 0. The van der Waals surface area contributed by atoms with Crippen molar-refractivity contribution in [3.05, 3.63) is 29.6 Å². The van der Waals surface area contributed by atoms with Crippen LogP contribution in [0.4, 0.5) is 0 Å². The minimum absolute atomic E-state index is 0.0969. The average molecular weight is 248 g/mol. The zero-order valence-electron chi connectivity index (χ0n) is 10.5. The first-order valence-corrected chi connectivity index (χ1v) is 6.03. The molecular formula is C13H16N2O3. The predicted octanol–water partition coefficient (Wildman–Crippen LogP) is 1.79. The van der Waals surface area contributed by atoms with Crippen molar-refractivity contribution in [2.45, 2.75) is 38.8 Å². The first kappa shape index (κ1) is 12.5. The molecule has 0 aliphatic heterocycles. The summed E-state index contributed by atoms with van der Waals surface area (Å²) in [5.41, 5.74) is 0.107. The molecule has 0 saturated heterocycles. The lowest BCUT2D eigenvalue weighted by Crippen LogP contribution is -2.39. The van der Waals surface area contributed by atoms with E-state index < -0.39 is 5.97 Å². The van der Waals surface area contributed by atoms with E-state index in [1.165, 1.54) is 6.07 Å². The van der Waals surface area contributed by atoms with Crippen molar-refractivity contribution in [1.29, 1.82) is 0 Å². The first-order chi connectivity index (χ1) is 8.50. The van der Waals surface area contributed by atoms with Gasteiger partial charge in [-0.25, -0.2) is 9.78 Å². The fourth-order valence-electron chi connectivity index (χ4n) is 1.98. The summed E-state index contributed by atoms with van der Waals surface area (Å²) >= 11 is 0. The number of hydrogen-bond donors (Lipinski definition) is 1. The molecule has 1 fully saturated rings. The molecule has 0 unspecified atom stereocenters. The zero-order valence-corrected chi connectivity index (χ0v) is 10.5. The van der Waals surface area contributed by atoms with Gasteiger partial charge in [-0.3, -0.25) is 4.79 Å². The maximum absolute atomic E-state index is 12.3. The number of aromatic nitrogens is 1. The Hall–Kier alpha value is -1.91. The highest BCUT2D eigenvalue weighted by Gasteiger charge is 2.35. The van der Waals surface area contributed by atoms with Gasteiger partial charge in [-0.1, -0.05) is 6.07 Å². The molecule has 1 saturated carbocycles. The molecule has 1 aliphatic rings. The summed E-state index contributed by atoms with van der Waals surface area (Å²) in [5, 5.41) is 8.87. The van der Waals surface area contributed by atoms with Gasteiger partial charge < -0.3 is 10.0 Å². The first-order valence-electron chi connectivity index (χ1n) is 6.03. The van der Waals surface area contributed by atoms with Crippen molar-refractivity contribution >= 4 is 11.9 Å². The Balaban J connectivity index is 2.26. The number of rotatable bonds is 4. The lowest BCUT2D eigenvalue weighted by Gasteiger charge is -2.26. The van der Waals surface area contributed by atoms with Crippen LogP contribution in [0.1, 0.15) is 47.7 Å². The summed E-state index contributed by atoms with van der Waals surface area (Å²) < 4.78 is 0. The van der Waals surface area contributed by atoms with E-state index in [4.69, 9.17) is 5.11 Å². The van der Waals surface area contributed by atoms with Crippen LogP contribution in [0.5, 0.6) is 0 Å². The highest BCUT2D eigenvalue weighted by atomic mass is 16.4. The average Bonchev–Trinajstić information content (AvgIpc) is 3.13. The van der Waals surface area contributed by atoms with Crippen LogP contribution >= 0.6 is 0 Å². The van der Waals surface area contributed by atoms with Crippen LogP contribution in [0, 0.1) is 0 Å². The second-order valence-electron chi connectivity index (χ2n) is 4.75. The van der Waals surface area contributed by atoms with Crippen molar-refractivity contribution in [2.24, 2.45) is 0 Å². The summed E-state index contributed by atoms with van der Waals surface area (Å²) in [6.07, 6.45) is 2.03. The molecule has 1 heterocycles. The number of nitrogens with zero attached hydrogens (tertiary/aromatic N) is 2. The van der Waals surface area contributed by atoms with Crippen molar-refractivity contribution in [3.8, 4) is 0 Å². The molecule has 96 valence electrons. The second kappa shape index (κ2) is 4.76. The van der Waals surface area contributed by atoms with E-state index in [-0.39, 0.29) is 29.4 Å². The van der Waals surface area contributed by atoms with Crippen LogP contribution in [0.3, 0.4) is 0 Å². The monoisotopic (exact) mass is 248 g/mol. The molecule has 1 aromatic rings. The summed E-state index contributed by atoms with van der Waals surface area (Å²) in [6.45, 7) is 3.91. The number of hydrogen-bond acceptors (Lipinski definition) is 3. The molecule has 0 aromatic carbocycles. The molecule has 0 atom stereocenters. The Morgan fingerprint density at radius 2 is 1.94 bits per heavy atom. The Kier molecular flexibility index (Phi) is 3.32. The molecule has 5 heteroatoms. The zero-order chi connectivity index (χ0) is 13.3. The molecule has 5 nitrogen and oxygen atoms in total. The van der Waals surface area contributed by atoms with Gasteiger partial charge in [-0.2, -0.15) is 0 Å². The molecule has 0 radical (unpaired) electrons. The van der Waals surface area contributed by atoms with Crippen molar-refractivity contribution in [2.75, 3.05) is 0 Å². The number of aromatic carboxylic acids is 1. The fourth-order valence-corrected chi connectivity index (χ4v) is 1.98. The van der Waals surface area contributed by atoms with Crippen molar-refractivity contribution in [1.82, 2.24) is 9.88 Å². The number of pyridine rings is 1. The summed E-state index contributed by atoms with van der Waals surface area (Å²) in [4.78, 5) is 28.8. The van der Waals surface area contributed by atoms with Crippen LogP contribution in [-0.2, 0) is 0 Å². The van der Waals surface area contributed by atoms with Gasteiger partial charge in [0.1, 0.15) is 11.4 Å². The lowest BCUT2D eigenvalue weighted by molar-refractivity contribution is 0.0680. The smallest absolute Gasteiger partial charge is 0.354 e. The lowest BCUT2D eigenvalue weighted by atomic mass is 10.2. The van der Waals surface area contributed by atoms with E-state index in [2.05, 4.69) is 4.98 Å². The fraction of sp³-hybridized carbons (Fsp3) is 0.462. The van der Waals surface area contributed by atoms with Gasteiger partial charge >= 0.3 is 5.97 Å². The van der Waals surface area contributed by atoms with Crippen LogP contribution in [-0.4, -0.2) is 39.0 Å². The molecule has 0 bridgehead atoms. The Morgan fingerprint density at radius 1 is 1.33 bits per heavy atom. The quantitative estimate of drug-likeness (QED) is 0.881. The highest BCUT2D eigenvalue weighted by Crippen LogP contribution is 2.29.